The van der Waals surface area contributed by atoms with Crippen LogP contribution in [0, 0.1) is 30.3 Å². The summed E-state index contributed by atoms with van der Waals surface area (Å²) in [5.41, 5.74) is 2.15. The zero-order chi connectivity index (χ0) is 19.1. The number of hydrogen-bond acceptors (Lipinski definition) is 0. The largest absolute Gasteiger partial charge is 0.207 e. The topological polar surface area (TPSA) is 0 Å². The van der Waals surface area contributed by atoms with E-state index >= 15 is 0 Å². The van der Waals surface area contributed by atoms with Crippen LogP contribution in [0.5, 0.6) is 0 Å². The normalized spacial score (nSPS) is 20.2. The van der Waals surface area contributed by atoms with Gasteiger partial charge in [-0.25, -0.2) is 13.2 Å². The van der Waals surface area contributed by atoms with Gasteiger partial charge in [0.15, 0.2) is 0 Å². The Balaban J connectivity index is 1.70. The van der Waals surface area contributed by atoms with Crippen molar-refractivity contribution in [3.63, 3.8) is 0 Å². The molecule has 0 aliphatic heterocycles. The van der Waals surface area contributed by atoms with Crippen molar-refractivity contribution in [3.8, 4) is 11.1 Å². The van der Waals surface area contributed by atoms with Gasteiger partial charge < -0.3 is 0 Å². The fraction of sp³-hybridized carbons (Fsp3) is 0.333. The Labute approximate surface area is 158 Å². The molecule has 1 saturated carbocycles. The summed E-state index contributed by atoms with van der Waals surface area (Å²) in [6, 6.07) is 11.7. The summed E-state index contributed by atoms with van der Waals surface area (Å²) in [6.45, 7) is 3.69. The first-order valence-electron chi connectivity index (χ1n) is 9.62. The van der Waals surface area contributed by atoms with E-state index < -0.39 is 11.6 Å². The molecule has 3 aromatic rings. The van der Waals surface area contributed by atoms with E-state index in [1.807, 2.05) is 6.07 Å². The van der Waals surface area contributed by atoms with Gasteiger partial charge in [0.25, 0.3) is 0 Å². The predicted octanol–water partition coefficient (Wildman–Crippen LogP) is 7.53. The maximum atomic E-state index is 14.8. The molecule has 0 spiro atoms. The van der Waals surface area contributed by atoms with Crippen molar-refractivity contribution in [1.82, 2.24) is 0 Å². The molecule has 27 heavy (non-hydrogen) atoms. The van der Waals surface area contributed by atoms with Crippen molar-refractivity contribution >= 4 is 10.8 Å². The summed E-state index contributed by atoms with van der Waals surface area (Å²) in [7, 11) is 0. The molecule has 0 atom stereocenters. The molecule has 0 saturated heterocycles. The second kappa shape index (κ2) is 7.03. The molecule has 1 aliphatic carbocycles. The van der Waals surface area contributed by atoms with Crippen molar-refractivity contribution < 1.29 is 13.2 Å². The highest BCUT2D eigenvalue weighted by Crippen LogP contribution is 2.37. The van der Waals surface area contributed by atoms with Gasteiger partial charge in [-0.05, 0) is 66.3 Å². The molecule has 3 aromatic carbocycles. The molecule has 0 radical (unpaired) electrons. The van der Waals surface area contributed by atoms with Crippen LogP contribution in [-0.4, -0.2) is 0 Å². The lowest BCUT2D eigenvalue weighted by Gasteiger charge is -2.26. The Morgan fingerprint density at radius 2 is 1.56 bits per heavy atom. The van der Waals surface area contributed by atoms with E-state index in [0.717, 1.165) is 24.3 Å². The molecule has 1 aliphatic rings. The summed E-state index contributed by atoms with van der Waals surface area (Å²) in [4.78, 5) is 0. The monoisotopic (exact) mass is 368 g/mol. The second-order valence-corrected chi connectivity index (χ2v) is 7.93. The lowest BCUT2D eigenvalue weighted by molar-refractivity contribution is 0.347. The lowest BCUT2D eigenvalue weighted by atomic mass is 9.79. The molecule has 3 heteroatoms. The molecule has 0 unspecified atom stereocenters. The van der Waals surface area contributed by atoms with Crippen LogP contribution in [0.2, 0.25) is 0 Å². The minimum Gasteiger partial charge on any atom is -0.207 e. The summed E-state index contributed by atoms with van der Waals surface area (Å²) < 4.78 is 43.0. The van der Waals surface area contributed by atoms with Gasteiger partial charge in [-0.15, -0.1) is 0 Å². The number of benzene rings is 3. The molecule has 0 N–H and O–H groups in total. The van der Waals surface area contributed by atoms with E-state index in [1.54, 1.807) is 30.3 Å². The molecule has 140 valence electrons. The molecular formula is C24H23F3. The van der Waals surface area contributed by atoms with Gasteiger partial charge in [0.1, 0.15) is 17.5 Å². The molecule has 0 bridgehead atoms. The van der Waals surface area contributed by atoms with Crippen LogP contribution in [0.3, 0.4) is 0 Å². The fourth-order valence-corrected chi connectivity index (χ4v) is 4.21. The third-order valence-electron chi connectivity index (χ3n) is 6.05. The quantitative estimate of drug-likeness (QED) is 0.438. The third kappa shape index (κ3) is 3.36. The molecular weight excluding hydrogens is 345 g/mol. The molecule has 0 aromatic heterocycles. The zero-order valence-corrected chi connectivity index (χ0v) is 15.7. The number of fused-ring (bicyclic) bond motifs is 1. The standard InChI is InChI=1S/C24H23F3/c1-14-3-5-16(6-4-14)17-7-9-20(23(26)12-17)18-8-10-21-19(11-18)13-22(25)15(2)24(21)27/h7-14,16H,3-6H2,1-2H3. The van der Waals surface area contributed by atoms with Gasteiger partial charge in [-0.3, -0.25) is 0 Å². The number of hydrogen-bond donors (Lipinski definition) is 0. The Hall–Kier alpha value is -2.29. The van der Waals surface area contributed by atoms with Crippen LogP contribution in [-0.2, 0) is 0 Å². The van der Waals surface area contributed by atoms with E-state index in [0.29, 0.717) is 27.8 Å². The van der Waals surface area contributed by atoms with Crippen LogP contribution < -0.4 is 0 Å². The van der Waals surface area contributed by atoms with Crippen molar-refractivity contribution in [1.29, 1.82) is 0 Å². The molecule has 0 nitrogen and oxygen atoms in total. The van der Waals surface area contributed by atoms with Gasteiger partial charge in [0.2, 0.25) is 0 Å². The van der Waals surface area contributed by atoms with Gasteiger partial charge in [-0.1, -0.05) is 44.0 Å². The van der Waals surface area contributed by atoms with Gasteiger partial charge in [0.05, 0.1) is 0 Å². The fourth-order valence-electron chi connectivity index (χ4n) is 4.21. The van der Waals surface area contributed by atoms with E-state index in [-0.39, 0.29) is 11.4 Å². The highest BCUT2D eigenvalue weighted by Gasteiger charge is 2.21. The van der Waals surface area contributed by atoms with Crippen LogP contribution in [0.15, 0.2) is 42.5 Å². The minimum absolute atomic E-state index is 0.00702. The minimum atomic E-state index is -0.584. The van der Waals surface area contributed by atoms with Crippen LogP contribution in [0.1, 0.15) is 49.7 Å². The Morgan fingerprint density at radius 3 is 2.26 bits per heavy atom. The smallest absolute Gasteiger partial charge is 0.136 e. The van der Waals surface area contributed by atoms with Crippen molar-refractivity contribution in [3.05, 3.63) is 71.0 Å². The highest BCUT2D eigenvalue weighted by atomic mass is 19.1. The lowest BCUT2D eigenvalue weighted by Crippen LogP contribution is -2.11. The van der Waals surface area contributed by atoms with Gasteiger partial charge in [-0.2, -0.15) is 0 Å². The molecule has 4 rings (SSSR count). The second-order valence-electron chi connectivity index (χ2n) is 7.93. The number of rotatable bonds is 2. The van der Waals surface area contributed by atoms with E-state index in [9.17, 15) is 13.2 Å². The van der Waals surface area contributed by atoms with Gasteiger partial charge in [0, 0.05) is 16.5 Å². The predicted molar refractivity (Wildman–Crippen MR) is 104 cm³/mol. The first kappa shape index (κ1) is 18.1. The van der Waals surface area contributed by atoms with Crippen molar-refractivity contribution in [2.75, 3.05) is 0 Å². The Kier molecular flexibility index (Phi) is 4.71. The van der Waals surface area contributed by atoms with Crippen LogP contribution in [0.25, 0.3) is 21.9 Å². The summed E-state index contributed by atoms with van der Waals surface area (Å²) in [5.74, 6) is -0.239. The molecule has 0 amide bonds. The maximum Gasteiger partial charge on any atom is 0.136 e. The molecule has 0 heterocycles. The number of halogens is 3. The average Bonchev–Trinajstić information content (AvgIpc) is 2.66. The van der Waals surface area contributed by atoms with Crippen molar-refractivity contribution in [2.24, 2.45) is 5.92 Å². The summed E-state index contributed by atoms with van der Waals surface area (Å²) in [5, 5.41) is 0.795. The first-order valence-corrected chi connectivity index (χ1v) is 9.62. The zero-order valence-electron chi connectivity index (χ0n) is 15.7. The van der Waals surface area contributed by atoms with E-state index in [4.69, 9.17) is 0 Å². The van der Waals surface area contributed by atoms with Crippen LogP contribution >= 0.6 is 0 Å². The Morgan fingerprint density at radius 1 is 0.815 bits per heavy atom. The summed E-state index contributed by atoms with van der Waals surface area (Å²) >= 11 is 0. The molecule has 1 fully saturated rings. The third-order valence-corrected chi connectivity index (χ3v) is 6.05. The van der Waals surface area contributed by atoms with E-state index in [1.165, 1.54) is 25.8 Å². The van der Waals surface area contributed by atoms with E-state index in [2.05, 4.69) is 6.92 Å². The SMILES string of the molecule is Cc1c(F)cc2cc(-c3ccc(C4CCC(C)CC4)cc3F)ccc2c1F. The Bertz CT molecular complexity index is 998. The maximum absolute atomic E-state index is 14.8. The highest BCUT2D eigenvalue weighted by molar-refractivity contribution is 5.88. The van der Waals surface area contributed by atoms with Crippen molar-refractivity contribution in [2.45, 2.75) is 45.4 Å². The summed E-state index contributed by atoms with van der Waals surface area (Å²) in [6.07, 6.45) is 4.59. The average molecular weight is 368 g/mol. The van der Waals surface area contributed by atoms with Crippen LogP contribution in [0.4, 0.5) is 13.2 Å². The van der Waals surface area contributed by atoms with Gasteiger partial charge >= 0.3 is 0 Å². The first-order chi connectivity index (χ1) is 12.9.